The first-order valence-corrected chi connectivity index (χ1v) is 12.6. The smallest absolute Gasteiger partial charge is 0.341 e. The number of esters is 2. The Labute approximate surface area is 201 Å². The van der Waals surface area contributed by atoms with Crippen molar-refractivity contribution >= 4 is 55.7 Å². The lowest BCUT2D eigenvalue weighted by Gasteiger charge is -2.10. The number of thiazole rings is 1. The average Bonchev–Trinajstić information content (AvgIpc) is 3.35. The van der Waals surface area contributed by atoms with Crippen LogP contribution in [0, 0.1) is 5.92 Å². The fourth-order valence-electron chi connectivity index (χ4n) is 3.29. The fourth-order valence-corrected chi connectivity index (χ4v) is 5.28. The Kier molecular flexibility index (Phi) is 8.96. The maximum Gasteiger partial charge on any atom is 0.341 e. The van der Waals surface area contributed by atoms with Crippen LogP contribution in [0.15, 0.2) is 29.6 Å². The number of hydrogen-bond acceptors (Lipinski definition) is 8. The highest BCUT2D eigenvalue weighted by molar-refractivity contribution is 7.18. The Balaban J connectivity index is 1.47. The number of hydrogen-bond donors (Lipinski definition) is 1. The van der Waals surface area contributed by atoms with Crippen LogP contribution in [-0.2, 0) is 31.9 Å². The third kappa shape index (κ3) is 7.10. The standard InChI is InChI=1S/C24H28N2O5S2/c1-4-30-24(29)22-16(12-15(2)3)14-32-23(22)26-19(27)13-31-21(28)11-7-10-20-25-17-8-5-6-9-18(17)33-20/h5-6,8-9,14-15H,4,7,10-13H2,1-3H3,(H,26,27). The molecule has 176 valence electrons. The zero-order valence-electron chi connectivity index (χ0n) is 19.0. The van der Waals surface area contributed by atoms with Gasteiger partial charge in [0.2, 0.25) is 0 Å². The van der Waals surface area contributed by atoms with Gasteiger partial charge >= 0.3 is 11.9 Å². The van der Waals surface area contributed by atoms with E-state index in [1.54, 1.807) is 18.3 Å². The summed E-state index contributed by atoms with van der Waals surface area (Å²) in [6.45, 7) is 5.70. The molecule has 0 bridgehead atoms. The minimum atomic E-state index is -0.488. The van der Waals surface area contributed by atoms with Crippen LogP contribution in [0.3, 0.4) is 0 Å². The molecule has 0 aliphatic rings. The van der Waals surface area contributed by atoms with Crippen LogP contribution in [0.25, 0.3) is 10.2 Å². The third-order valence-electron chi connectivity index (χ3n) is 4.70. The molecule has 3 rings (SSSR count). The number of carbonyl (C=O) groups is 3. The first-order chi connectivity index (χ1) is 15.9. The number of anilines is 1. The Hall–Kier alpha value is -2.78. The summed E-state index contributed by atoms with van der Waals surface area (Å²) < 4.78 is 11.4. The van der Waals surface area contributed by atoms with Crippen molar-refractivity contribution < 1.29 is 23.9 Å². The predicted molar refractivity (Wildman–Crippen MR) is 131 cm³/mol. The molecule has 2 heterocycles. The van der Waals surface area contributed by atoms with Crippen LogP contribution < -0.4 is 5.32 Å². The number of benzene rings is 1. The lowest BCUT2D eigenvalue weighted by molar-refractivity contribution is -0.147. The molecule has 0 aliphatic heterocycles. The minimum absolute atomic E-state index is 0.203. The molecule has 0 atom stereocenters. The average molecular weight is 489 g/mol. The molecule has 3 aromatic rings. The van der Waals surface area contributed by atoms with Crippen LogP contribution in [0.4, 0.5) is 5.00 Å². The van der Waals surface area contributed by atoms with Crippen molar-refractivity contribution in [1.29, 1.82) is 0 Å². The van der Waals surface area contributed by atoms with Crippen LogP contribution in [0.1, 0.15) is 54.5 Å². The molecular formula is C24H28N2O5S2. The molecule has 0 saturated carbocycles. The zero-order chi connectivity index (χ0) is 23.8. The summed E-state index contributed by atoms with van der Waals surface area (Å²) in [7, 11) is 0. The molecule has 1 amide bonds. The molecule has 7 nitrogen and oxygen atoms in total. The normalized spacial score (nSPS) is 11.0. The lowest BCUT2D eigenvalue weighted by Crippen LogP contribution is -2.22. The number of para-hydroxylation sites is 1. The van der Waals surface area contributed by atoms with Gasteiger partial charge in [0.1, 0.15) is 5.00 Å². The van der Waals surface area contributed by atoms with Crippen LogP contribution >= 0.6 is 22.7 Å². The Morgan fingerprint density at radius 2 is 1.94 bits per heavy atom. The van der Waals surface area contributed by atoms with E-state index in [2.05, 4.69) is 24.1 Å². The van der Waals surface area contributed by atoms with Crippen molar-refractivity contribution in [3.8, 4) is 0 Å². The number of fused-ring (bicyclic) bond motifs is 1. The lowest BCUT2D eigenvalue weighted by atomic mass is 10.0. The fraction of sp³-hybridized carbons (Fsp3) is 0.417. The number of ether oxygens (including phenoxy) is 2. The first-order valence-electron chi connectivity index (χ1n) is 10.9. The summed E-state index contributed by atoms with van der Waals surface area (Å²) >= 11 is 2.89. The highest BCUT2D eigenvalue weighted by Gasteiger charge is 2.22. The molecule has 0 aliphatic carbocycles. The highest BCUT2D eigenvalue weighted by atomic mass is 32.1. The van der Waals surface area contributed by atoms with Gasteiger partial charge in [-0.2, -0.15) is 0 Å². The number of rotatable bonds is 11. The maximum absolute atomic E-state index is 12.4. The predicted octanol–water partition coefficient (Wildman–Crippen LogP) is 5.24. The van der Waals surface area contributed by atoms with Gasteiger partial charge in [0.25, 0.3) is 5.91 Å². The van der Waals surface area contributed by atoms with E-state index in [0.717, 1.165) is 20.8 Å². The Morgan fingerprint density at radius 1 is 1.15 bits per heavy atom. The molecule has 0 saturated heterocycles. The summed E-state index contributed by atoms with van der Waals surface area (Å²) in [5.74, 6) is -1.04. The highest BCUT2D eigenvalue weighted by Crippen LogP contribution is 2.31. The van der Waals surface area contributed by atoms with E-state index in [0.29, 0.717) is 35.7 Å². The van der Waals surface area contributed by atoms with E-state index in [1.807, 2.05) is 29.6 Å². The molecule has 0 unspecified atom stereocenters. The van der Waals surface area contributed by atoms with Gasteiger partial charge in [0.05, 0.1) is 27.4 Å². The van der Waals surface area contributed by atoms with Crippen molar-refractivity contribution in [3.05, 3.63) is 45.8 Å². The summed E-state index contributed by atoms with van der Waals surface area (Å²) in [5.41, 5.74) is 2.19. The number of nitrogens with zero attached hydrogens (tertiary/aromatic N) is 1. The van der Waals surface area contributed by atoms with Crippen molar-refractivity contribution in [3.63, 3.8) is 0 Å². The van der Waals surface area contributed by atoms with Gasteiger partial charge in [-0.3, -0.25) is 9.59 Å². The Morgan fingerprint density at radius 3 is 2.67 bits per heavy atom. The van der Waals surface area contributed by atoms with Gasteiger partial charge < -0.3 is 14.8 Å². The number of carbonyl (C=O) groups excluding carboxylic acids is 3. The van der Waals surface area contributed by atoms with Crippen molar-refractivity contribution in [2.45, 2.75) is 46.5 Å². The number of aryl methyl sites for hydroxylation is 1. The molecule has 1 N–H and O–H groups in total. The van der Waals surface area contributed by atoms with Crippen molar-refractivity contribution in [2.75, 3.05) is 18.5 Å². The Bertz CT molecular complexity index is 1090. The first kappa shape index (κ1) is 24.9. The quantitative estimate of drug-likeness (QED) is 0.371. The number of aromatic nitrogens is 1. The summed E-state index contributed by atoms with van der Waals surface area (Å²) in [5, 5.41) is 5.94. The van der Waals surface area contributed by atoms with E-state index >= 15 is 0 Å². The second-order valence-electron chi connectivity index (χ2n) is 7.92. The second kappa shape index (κ2) is 11.9. The maximum atomic E-state index is 12.4. The van der Waals surface area contributed by atoms with Gasteiger partial charge in [-0.05, 0) is 55.2 Å². The monoisotopic (exact) mass is 488 g/mol. The van der Waals surface area contributed by atoms with Gasteiger partial charge in [-0.25, -0.2) is 9.78 Å². The van der Waals surface area contributed by atoms with Gasteiger partial charge in [-0.15, -0.1) is 22.7 Å². The molecule has 0 spiro atoms. The molecule has 33 heavy (non-hydrogen) atoms. The van der Waals surface area contributed by atoms with E-state index in [1.165, 1.54) is 11.3 Å². The van der Waals surface area contributed by atoms with E-state index in [4.69, 9.17) is 9.47 Å². The molecule has 1 aromatic carbocycles. The van der Waals surface area contributed by atoms with Crippen molar-refractivity contribution in [1.82, 2.24) is 4.98 Å². The van der Waals surface area contributed by atoms with Crippen molar-refractivity contribution in [2.24, 2.45) is 5.92 Å². The molecular weight excluding hydrogens is 460 g/mol. The molecule has 9 heteroatoms. The SMILES string of the molecule is CCOC(=O)c1c(CC(C)C)csc1NC(=O)COC(=O)CCCc1nc2ccccc2s1. The van der Waals surface area contributed by atoms with E-state index < -0.39 is 24.5 Å². The van der Waals surface area contributed by atoms with Crippen LogP contribution in [0.2, 0.25) is 0 Å². The van der Waals surface area contributed by atoms with Gasteiger partial charge in [-0.1, -0.05) is 26.0 Å². The second-order valence-corrected chi connectivity index (χ2v) is 9.92. The number of nitrogens with one attached hydrogen (secondary N) is 1. The van der Waals surface area contributed by atoms with Crippen LogP contribution in [-0.4, -0.2) is 36.0 Å². The third-order valence-corrected chi connectivity index (χ3v) is 6.74. The minimum Gasteiger partial charge on any atom is -0.462 e. The summed E-state index contributed by atoms with van der Waals surface area (Å²) in [6.07, 6.45) is 2.17. The van der Waals surface area contributed by atoms with E-state index in [9.17, 15) is 14.4 Å². The van der Waals surface area contributed by atoms with Crippen LogP contribution in [0.5, 0.6) is 0 Å². The van der Waals surface area contributed by atoms with E-state index in [-0.39, 0.29) is 13.0 Å². The summed E-state index contributed by atoms with van der Waals surface area (Å²) in [6, 6.07) is 7.92. The molecule has 0 radical (unpaired) electrons. The number of amides is 1. The summed E-state index contributed by atoms with van der Waals surface area (Å²) in [4.78, 5) is 41.4. The zero-order valence-corrected chi connectivity index (χ0v) is 20.6. The van der Waals surface area contributed by atoms with Gasteiger partial charge in [0.15, 0.2) is 6.61 Å². The molecule has 2 aromatic heterocycles. The van der Waals surface area contributed by atoms with Gasteiger partial charge in [0, 0.05) is 6.42 Å². The number of thiophene rings is 1. The largest absolute Gasteiger partial charge is 0.462 e. The molecule has 0 fully saturated rings. The topological polar surface area (TPSA) is 94.6 Å².